The van der Waals surface area contributed by atoms with Gasteiger partial charge in [0, 0.05) is 11.6 Å². The molecular formula is C13H13N3O3. The van der Waals surface area contributed by atoms with Crippen LogP contribution < -0.4 is 10.9 Å². The molecule has 0 unspecified atom stereocenters. The number of aromatic amines is 1. The van der Waals surface area contributed by atoms with Gasteiger partial charge in [0.05, 0.1) is 12.3 Å². The topological polar surface area (TPSA) is 84.1 Å². The van der Waals surface area contributed by atoms with Crippen molar-refractivity contribution in [1.29, 1.82) is 0 Å². The first kappa shape index (κ1) is 12.8. The number of carbonyl (C=O) groups excluding carboxylic acids is 1. The Balaban J connectivity index is 2.30. The monoisotopic (exact) mass is 259 g/mol. The van der Waals surface area contributed by atoms with Crippen LogP contribution in [0.15, 0.2) is 41.2 Å². The Kier molecular flexibility index (Phi) is 3.92. The zero-order valence-corrected chi connectivity index (χ0v) is 10.3. The van der Waals surface area contributed by atoms with Crippen LogP contribution in [0.2, 0.25) is 0 Å². The average Bonchev–Trinajstić information content (AvgIpc) is 2.39. The van der Waals surface area contributed by atoms with Gasteiger partial charge >= 0.3 is 6.09 Å². The Morgan fingerprint density at radius 1 is 1.37 bits per heavy atom. The second-order valence-corrected chi connectivity index (χ2v) is 3.69. The van der Waals surface area contributed by atoms with E-state index in [-0.39, 0.29) is 18.1 Å². The molecular weight excluding hydrogens is 246 g/mol. The molecule has 19 heavy (non-hydrogen) atoms. The van der Waals surface area contributed by atoms with Gasteiger partial charge in [0.15, 0.2) is 0 Å². The van der Waals surface area contributed by atoms with Crippen LogP contribution in [0.5, 0.6) is 0 Å². The number of carbonyl (C=O) groups is 1. The number of anilines is 1. The predicted molar refractivity (Wildman–Crippen MR) is 70.9 cm³/mol. The highest BCUT2D eigenvalue weighted by Crippen LogP contribution is 2.15. The summed E-state index contributed by atoms with van der Waals surface area (Å²) in [5, 5.41) is 2.37. The minimum Gasteiger partial charge on any atom is -0.450 e. The van der Waals surface area contributed by atoms with E-state index in [1.807, 2.05) is 30.3 Å². The number of H-pyrrole nitrogens is 1. The van der Waals surface area contributed by atoms with E-state index in [0.717, 1.165) is 5.56 Å². The van der Waals surface area contributed by atoms with Crippen molar-refractivity contribution in [2.75, 3.05) is 11.9 Å². The molecule has 0 aliphatic carbocycles. The summed E-state index contributed by atoms with van der Waals surface area (Å²) >= 11 is 0. The van der Waals surface area contributed by atoms with Crippen molar-refractivity contribution in [3.8, 4) is 11.3 Å². The molecule has 1 aromatic heterocycles. The van der Waals surface area contributed by atoms with Crippen molar-refractivity contribution in [1.82, 2.24) is 9.97 Å². The zero-order valence-electron chi connectivity index (χ0n) is 10.3. The van der Waals surface area contributed by atoms with Gasteiger partial charge in [-0.3, -0.25) is 15.1 Å². The Morgan fingerprint density at radius 3 is 2.79 bits per heavy atom. The summed E-state index contributed by atoms with van der Waals surface area (Å²) in [6.45, 7) is 1.94. The molecule has 2 N–H and O–H groups in total. The van der Waals surface area contributed by atoms with Crippen LogP contribution in [0.3, 0.4) is 0 Å². The fourth-order valence-electron chi connectivity index (χ4n) is 1.54. The van der Waals surface area contributed by atoms with Gasteiger partial charge in [-0.2, -0.15) is 0 Å². The summed E-state index contributed by atoms with van der Waals surface area (Å²) in [5.74, 6) is 0.0600. The molecule has 2 rings (SSSR count). The first-order chi connectivity index (χ1) is 9.19. The Labute approximate surface area is 109 Å². The van der Waals surface area contributed by atoms with Crippen LogP contribution in [0.1, 0.15) is 6.92 Å². The Morgan fingerprint density at radius 2 is 2.11 bits per heavy atom. The lowest BCUT2D eigenvalue weighted by Crippen LogP contribution is -2.19. The summed E-state index contributed by atoms with van der Waals surface area (Å²) in [5.41, 5.74) is 0.928. The largest absolute Gasteiger partial charge is 0.450 e. The highest BCUT2D eigenvalue weighted by Gasteiger charge is 2.07. The van der Waals surface area contributed by atoms with E-state index < -0.39 is 6.09 Å². The SMILES string of the molecule is CCOC(=O)Nc1nc(-c2ccccc2)cc(=O)[nH]1. The first-order valence-corrected chi connectivity index (χ1v) is 5.79. The molecule has 0 bridgehead atoms. The number of ether oxygens (including phenoxy) is 1. The highest BCUT2D eigenvalue weighted by molar-refractivity contribution is 5.82. The van der Waals surface area contributed by atoms with Crippen molar-refractivity contribution >= 4 is 12.0 Å². The molecule has 98 valence electrons. The molecule has 0 fully saturated rings. The van der Waals surface area contributed by atoms with Crippen LogP contribution in [0, 0.1) is 0 Å². The fraction of sp³-hybridized carbons (Fsp3) is 0.154. The van der Waals surface area contributed by atoms with Crippen molar-refractivity contribution in [2.24, 2.45) is 0 Å². The summed E-state index contributed by atoms with van der Waals surface area (Å²) in [4.78, 5) is 29.4. The third-order valence-corrected chi connectivity index (χ3v) is 2.31. The molecule has 0 radical (unpaired) electrons. The lowest BCUT2D eigenvalue weighted by atomic mass is 10.1. The molecule has 0 aliphatic heterocycles. The minimum atomic E-state index is -0.657. The van der Waals surface area contributed by atoms with Gasteiger partial charge in [0.25, 0.3) is 5.56 Å². The molecule has 6 nitrogen and oxygen atoms in total. The predicted octanol–water partition coefficient (Wildman–Crippen LogP) is 2.01. The van der Waals surface area contributed by atoms with Gasteiger partial charge < -0.3 is 4.74 Å². The molecule has 0 saturated heterocycles. The van der Waals surface area contributed by atoms with Crippen molar-refractivity contribution in [2.45, 2.75) is 6.92 Å². The number of rotatable bonds is 3. The van der Waals surface area contributed by atoms with E-state index in [4.69, 9.17) is 4.74 Å². The molecule has 1 aromatic carbocycles. The van der Waals surface area contributed by atoms with Crippen molar-refractivity contribution in [3.05, 3.63) is 46.8 Å². The van der Waals surface area contributed by atoms with Crippen LogP contribution in [0.25, 0.3) is 11.3 Å². The number of aromatic nitrogens is 2. The van der Waals surface area contributed by atoms with E-state index >= 15 is 0 Å². The van der Waals surface area contributed by atoms with Gasteiger partial charge in [-0.25, -0.2) is 9.78 Å². The van der Waals surface area contributed by atoms with Gasteiger partial charge in [0.1, 0.15) is 0 Å². The summed E-state index contributed by atoms with van der Waals surface area (Å²) in [6, 6.07) is 10.6. The molecule has 1 amide bonds. The number of hydrogen-bond acceptors (Lipinski definition) is 4. The van der Waals surface area contributed by atoms with Gasteiger partial charge in [-0.15, -0.1) is 0 Å². The number of benzene rings is 1. The molecule has 2 aromatic rings. The van der Waals surface area contributed by atoms with E-state index in [2.05, 4.69) is 15.3 Å². The molecule has 0 aliphatic rings. The first-order valence-electron chi connectivity index (χ1n) is 5.79. The Bertz CT molecular complexity index is 623. The second-order valence-electron chi connectivity index (χ2n) is 3.69. The number of hydrogen-bond donors (Lipinski definition) is 2. The maximum absolute atomic E-state index is 11.5. The smallest absolute Gasteiger partial charge is 0.413 e. The van der Waals surface area contributed by atoms with Crippen molar-refractivity contribution in [3.63, 3.8) is 0 Å². The van der Waals surface area contributed by atoms with Crippen LogP contribution in [0.4, 0.5) is 10.7 Å². The van der Waals surface area contributed by atoms with Gasteiger partial charge in [-0.05, 0) is 6.92 Å². The molecule has 0 atom stereocenters. The average molecular weight is 259 g/mol. The van der Waals surface area contributed by atoms with Crippen LogP contribution >= 0.6 is 0 Å². The zero-order chi connectivity index (χ0) is 13.7. The summed E-state index contributed by atoms with van der Waals surface area (Å²) in [6.07, 6.45) is -0.657. The standard InChI is InChI=1S/C13H13N3O3/c1-2-19-13(18)16-12-14-10(8-11(17)15-12)9-6-4-3-5-7-9/h3-8H,2H2,1H3,(H2,14,15,16,17,18). The lowest BCUT2D eigenvalue weighted by molar-refractivity contribution is 0.167. The van der Waals surface area contributed by atoms with Gasteiger partial charge in [-0.1, -0.05) is 30.3 Å². The maximum Gasteiger partial charge on any atom is 0.413 e. The minimum absolute atomic E-state index is 0.0600. The van der Waals surface area contributed by atoms with Crippen molar-refractivity contribution < 1.29 is 9.53 Å². The number of nitrogens with zero attached hydrogens (tertiary/aromatic N) is 1. The highest BCUT2D eigenvalue weighted by atomic mass is 16.5. The van der Waals surface area contributed by atoms with E-state index in [1.54, 1.807) is 6.92 Å². The van der Waals surface area contributed by atoms with Crippen LogP contribution in [-0.2, 0) is 4.74 Å². The van der Waals surface area contributed by atoms with E-state index in [0.29, 0.717) is 5.69 Å². The fourth-order valence-corrected chi connectivity index (χ4v) is 1.54. The third kappa shape index (κ3) is 3.41. The number of amides is 1. The molecule has 1 heterocycles. The van der Waals surface area contributed by atoms with Gasteiger partial charge in [0.2, 0.25) is 5.95 Å². The normalized spacial score (nSPS) is 9.95. The third-order valence-electron chi connectivity index (χ3n) is 2.31. The number of nitrogens with one attached hydrogen (secondary N) is 2. The summed E-state index contributed by atoms with van der Waals surface area (Å²) in [7, 11) is 0. The second kappa shape index (κ2) is 5.81. The summed E-state index contributed by atoms with van der Waals surface area (Å²) < 4.78 is 4.72. The molecule has 0 spiro atoms. The van der Waals surface area contributed by atoms with E-state index in [1.165, 1.54) is 6.07 Å². The van der Waals surface area contributed by atoms with Crippen LogP contribution in [-0.4, -0.2) is 22.7 Å². The maximum atomic E-state index is 11.5. The Hall–Kier alpha value is -2.63. The molecule has 0 saturated carbocycles. The lowest BCUT2D eigenvalue weighted by Gasteiger charge is -2.06. The quantitative estimate of drug-likeness (QED) is 0.883. The van der Waals surface area contributed by atoms with E-state index in [9.17, 15) is 9.59 Å². The molecule has 6 heteroatoms.